The highest BCUT2D eigenvalue weighted by atomic mass is 29.2. The summed E-state index contributed by atoms with van der Waals surface area (Å²) in [5.41, 5.74) is 1.78. The summed E-state index contributed by atoms with van der Waals surface area (Å²) in [6, 6.07) is 1.00. The van der Waals surface area contributed by atoms with E-state index in [1.165, 1.54) is 0 Å². The molecule has 0 saturated heterocycles. The molecule has 0 aliphatic heterocycles. The second kappa shape index (κ2) is 3.22. The minimum absolute atomic E-state index is 0.935. The van der Waals surface area contributed by atoms with Crippen molar-refractivity contribution in [2.24, 2.45) is 0 Å². The zero-order chi connectivity index (χ0) is 6.62. The van der Waals surface area contributed by atoms with Gasteiger partial charge in [-0.15, -0.1) is 6.58 Å². The first-order chi connectivity index (χ1) is 3.62. The SMILES string of the molecule is C=C[Si](O)([SiH3])CCC. The van der Waals surface area contributed by atoms with Crippen LogP contribution in [-0.4, -0.2) is 22.4 Å². The van der Waals surface area contributed by atoms with Gasteiger partial charge in [-0.1, -0.05) is 19.0 Å². The van der Waals surface area contributed by atoms with E-state index < -0.39 is 7.83 Å². The van der Waals surface area contributed by atoms with Crippen molar-refractivity contribution in [2.75, 3.05) is 0 Å². The molecule has 0 bridgehead atoms. The topological polar surface area (TPSA) is 20.2 Å². The molecule has 3 heteroatoms. The summed E-state index contributed by atoms with van der Waals surface area (Å²) in [5.74, 6) is 0. The van der Waals surface area contributed by atoms with Gasteiger partial charge in [-0.2, -0.15) is 0 Å². The van der Waals surface area contributed by atoms with Gasteiger partial charge in [0.25, 0.3) is 0 Å². The van der Waals surface area contributed by atoms with Gasteiger partial charge >= 0.3 is 0 Å². The third kappa shape index (κ3) is 3.18. The van der Waals surface area contributed by atoms with Crippen LogP contribution in [0.3, 0.4) is 0 Å². The molecule has 0 aromatic carbocycles. The lowest BCUT2D eigenvalue weighted by molar-refractivity contribution is 0.570. The molecule has 1 unspecified atom stereocenters. The Bertz CT molecular complexity index is 80.5. The zero-order valence-corrected chi connectivity index (χ0v) is 8.65. The normalized spacial score (nSPS) is 17.8. The van der Waals surface area contributed by atoms with Gasteiger partial charge in [0.1, 0.15) is 0 Å². The van der Waals surface area contributed by atoms with E-state index in [0.717, 1.165) is 22.2 Å². The van der Waals surface area contributed by atoms with E-state index in [0.29, 0.717) is 0 Å². The average molecular weight is 146 g/mol. The largest absolute Gasteiger partial charge is 0.432 e. The first-order valence-corrected chi connectivity index (χ1v) is 8.71. The predicted molar refractivity (Wildman–Crippen MR) is 43.2 cm³/mol. The lowest BCUT2D eigenvalue weighted by Crippen LogP contribution is -2.32. The molecule has 48 valence electrons. The maximum atomic E-state index is 9.41. The van der Waals surface area contributed by atoms with Crippen LogP contribution in [0.25, 0.3) is 0 Å². The van der Waals surface area contributed by atoms with Crippen molar-refractivity contribution in [1.82, 2.24) is 0 Å². The number of hydrogen-bond donors (Lipinski definition) is 1. The first kappa shape index (κ1) is 8.13. The summed E-state index contributed by atoms with van der Waals surface area (Å²) >= 11 is 0. The Balaban J connectivity index is 3.53. The molecule has 0 radical (unpaired) electrons. The van der Waals surface area contributed by atoms with Gasteiger partial charge in [-0.3, -0.25) is 0 Å². The molecule has 1 nitrogen and oxygen atoms in total. The molecule has 0 aromatic heterocycles. The van der Waals surface area contributed by atoms with Crippen LogP contribution >= 0.6 is 0 Å². The van der Waals surface area contributed by atoms with Crippen LogP contribution in [0.5, 0.6) is 0 Å². The smallest absolute Gasteiger partial charge is 0.187 e. The maximum Gasteiger partial charge on any atom is 0.187 e. The van der Waals surface area contributed by atoms with Gasteiger partial charge in [-0.05, 0) is 6.04 Å². The predicted octanol–water partition coefficient (Wildman–Crippen LogP) is -0.0785. The van der Waals surface area contributed by atoms with Crippen LogP contribution in [0.1, 0.15) is 13.3 Å². The molecule has 0 amide bonds. The fourth-order valence-electron chi connectivity index (χ4n) is 0.608. The first-order valence-electron chi connectivity index (χ1n) is 2.98. The number of hydrogen-bond acceptors (Lipinski definition) is 1. The van der Waals surface area contributed by atoms with Crippen LogP contribution in [0.2, 0.25) is 6.04 Å². The fraction of sp³-hybridized carbons (Fsp3) is 0.600. The standard InChI is InChI=1S/C5H14OSi2/c1-3-5-8(6,7)4-2/h4,6H,2-3,5H2,1,7H3. The van der Waals surface area contributed by atoms with Gasteiger partial charge < -0.3 is 4.80 Å². The van der Waals surface area contributed by atoms with Gasteiger partial charge in [0, 0.05) is 9.76 Å². The molecule has 1 atom stereocenters. The van der Waals surface area contributed by atoms with E-state index in [4.69, 9.17) is 0 Å². The van der Waals surface area contributed by atoms with Gasteiger partial charge in [-0.25, -0.2) is 0 Å². The quantitative estimate of drug-likeness (QED) is 0.552. The van der Waals surface area contributed by atoms with Crippen LogP contribution in [0.15, 0.2) is 12.3 Å². The van der Waals surface area contributed by atoms with E-state index in [9.17, 15) is 4.80 Å². The van der Waals surface area contributed by atoms with E-state index in [1.54, 1.807) is 5.70 Å². The van der Waals surface area contributed by atoms with Crippen molar-refractivity contribution in [2.45, 2.75) is 19.4 Å². The molecule has 0 aromatic rings. The van der Waals surface area contributed by atoms with Crippen molar-refractivity contribution < 1.29 is 4.80 Å². The molecule has 0 heterocycles. The highest BCUT2D eigenvalue weighted by Crippen LogP contribution is 2.03. The Morgan fingerprint density at radius 2 is 2.38 bits per heavy atom. The monoisotopic (exact) mass is 146 g/mol. The fourth-order valence-corrected chi connectivity index (χ4v) is 3.32. The molecular weight excluding hydrogens is 132 g/mol. The second-order valence-electron chi connectivity index (χ2n) is 2.31. The Kier molecular flexibility index (Phi) is 3.27. The molecule has 1 N–H and O–H groups in total. The second-order valence-corrected chi connectivity index (χ2v) is 11.1. The molecule has 8 heavy (non-hydrogen) atoms. The lowest BCUT2D eigenvalue weighted by atomic mass is 10.6. The van der Waals surface area contributed by atoms with E-state index in [1.807, 2.05) is 0 Å². The third-order valence-electron chi connectivity index (χ3n) is 1.20. The summed E-state index contributed by atoms with van der Waals surface area (Å²) in [6.07, 6.45) is 1.10. The Morgan fingerprint density at radius 1 is 1.88 bits per heavy atom. The summed E-state index contributed by atoms with van der Waals surface area (Å²) in [5, 5.41) is 0. The Morgan fingerprint density at radius 3 is 2.50 bits per heavy atom. The Labute approximate surface area is 54.8 Å². The number of rotatable bonds is 3. The molecule has 0 aliphatic carbocycles. The van der Waals surface area contributed by atoms with E-state index in [-0.39, 0.29) is 0 Å². The van der Waals surface area contributed by atoms with Crippen LogP contribution in [0.4, 0.5) is 0 Å². The molecule has 0 spiro atoms. The van der Waals surface area contributed by atoms with Gasteiger partial charge in [0.05, 0.1) is 0 Å². The summed E-state index contributed by atoms with van der Waals surface area (Å²) in [4.78, 5) is 9.41. The average Bonchev–Trinajstić information content (AvgIpc) is 1.67. The van der Waals surface area contributed by atoms with Gasteiger partial charge in [0.2, 0.25) is 0 Å². The van der Waals surface area contributed by atoms with Crippen molar-refractivity contribution in [3.05, 3.63) is 12.3 Å². The Hall–Kier alpha value is 0.134. The lowest BCUT2D eigenvalue weighted by Gasteiger charge is -2.12. The summed E-state index contributed by atoms with van der Waals surface area (Å²) in [6.45, 7) is 5.69. The van der Waals surface area contributed by atoms with Crippen LogP contribution in [-0.2, 0) is 0 Å². The summed E-state index contributed by atoms with van der Waals surface area (Å²) < 4.78 is 0. The molecule has 0 saturated carbocycles. The molecule has 0 fully saturated rings. The zero-order valence-electron chi connectivity index (χ0n) is 5.65. The van der Waals surface area contributed by atoms with Crippen LogP contribution in [0, 0.1) is 0 Å². The van der Waals surface area contributed by atoms with Crippen LogP contribution < -0.4 is 0 Å². The van der Waals surface area contributed by atoms with Crippen molar-refractivity contribution >= 4 is 17.6 Å². The minimum Gasteiger partial charge on any atom is -0.432 e. The minimum atomic E-state index is -1.77. The van der Waals surface area contributed by atoms with E-state index >= 15 is 0 Å². The highest BCUT2D eigenvalue weighted by molar-refractivity contribution is 7.15. The summed E-state index contributed by atoms with van der Waals surface area (Å²) in [7, 11) is -0.840. The molecule has 0 rings (SSSR count). The van der Waals surface area contributed by atoms with Gasteiger partial charge in [0.15, 0.2) is 7.83 Å². The maximum absolute atomic E-state index is 9.41. The molecule has 0 aliphatic rings. The van der Waals surface area contributed by atoms with Crippen molar-refractivity contribution in [1.29, 1.82) is 0 Å². The van der Waals surface area contributed by atoms with E-state index in [2.05, 4.69) is 13.5 Å². The van der Waals surface area contributed by atoms with Crippen molar-refractivity contribution in [3.63, 3.8) is 0 Å². The van der Waals surface area contributed by atoms with Crippen molar-refractivity contribution in [3.8, 4) is 0 Å². The highest BCUT2D eigenvalue weighted by Gasteiger charge is 2.16. The third-order valence-corrected chi connectivity index (χ3v) is 6.31. The molecular formula is C5H14OSi2.